The van der Waals surface area contributed by atoms with E-state index >= 15 is 0 Å². The molecule has 2 heterocycles. The topological polar surface area (TPSA) is 57.0 Å². The van der Waals surface area contributed by atoms with Crippen LogP contribution in [0.25, 0.3) is 28.0 Å². The van der Waals surface area contributed by atoms with Crippen LogP contribution in [0.4, 0.5) is 0 Å². The van der Waals surface area contributed by atoms with Gasteiger partial charge >= 0.3 is 5.97 Å². The molecule has 0 saturated heterocycles. The second kappa shape index (κ2) is 7.73. The number of benzene rings is 2. The second-order valence-corrected chi connectivity index (χ2v) is 7.30. The van der Waals surface area contributed by atoms with Crippen LogP contribution in [0.5, 0.6) is 0 Å². The number of para-hydroxylation sites is 1. The number of carbonyl (C=O) groups excluding carboxylic acids is 1. The molecule has 0 atom stereocenters. The summed E-state index contributed by atoms with van der Waals surface area (Å²) < 4.78 is 7.80. The second-order valence-electron chi connectivity index (χ2n) is 6.01. The average Bonchev–Trinajstić information content (AvgIpc) is 3.10. The molecule has 2 aromatic carbocycles. The molecule has 0 radical (unpaired) electrons. The Hall–Kier alpha value is -2.70. The van der Waals surface area contributed by atoms with Crippen molar-refractivity contribution >= 4 is 44.5 Å². The zero-order chi connectivity index (χ0) is 19.7. The largest absolute Gasteiger partial charge is 0.462 e. The zero-order valence-electron chi connectivity index (χ0n) is 14.9. The Kier molecular flexibility index (Phi) is 5.15. The molecule has 4 aromatic rings. The Morgan fingerprint density at radius 2 is 1.86 bits per heavy atom. The number of nitrogens with zero attached hydrogens (tertiary/aromatic N) is 3. The quantitative estimate of drug-likeness (QED) is 0.371. The van der Waals surface area contributed by atoms with Crippen molar-refractivity contribution in [1.29, 1.82) is 0 Å². The Balaban J connectivity index is 2.02. The van der Waals surface area contributed by atoms with Gasteiger partial charge < -0.3 is 4.74 Å². The van der Waals surface area contributed by atoms with Gasteiger partial charge in [-0.1, -0.05) is 57.9 Å². The van der Waals surface area contributed by atoms with Crippen LogP contribution in [0.3, 0.4) is 0 Å². The van der Waals surface area contributed by atoms with Crippen molar-refractivity contribution in [3.05, 3.63) is 75.9 Å². The first kappa shape index (κ1) is 18.7. The summed E-state index contributed by atoms with van der Waals surface area (Å²) >= 11 is 10.1. The van der Waals surface area contributed by atoms with Crippen molar-refractivity contribution in [2.75, 3.05) is 6.61 Å². The highest BCUT2D eigenvalue weighted by atomic mass is 79.9. The lowest BCUT2D eigenvalue weighted by atomic mass is 10.1. The summed E-state index contributed by atoms with van der Waals surface area (Å²) in [6.45, 7) is 2.01. The highest BCUT2D eigenvalue weighted by Gasteiger charge is 2.23. The summed E-state index contributed by atoms with van der Waals surface area (Å²) in [6, 6.07) is 17.4. The van der Waals surface area contributed by atoms with Gasteiger partial charge in [-0.05, 0) is 31.2 Å². The molecule has 0 N–H and O–H groups in total. The fraction of sp³-hybridized carbons (Fsp3) is 0.0952. The molecule has 5 nitrogen and oxygen atoms in total. The number of aromatic nitrogens is 3. The molecule has 0 unspecified atom stereocenters. The van der Waals surface area contributed by atoms with Gasteiger partial charge in [0.05, 0.1) is 28.3 Å². The van der Waals surface area contributed by atoms with Crippen LogP contribution >= 0.6 is 27.5 Å². The van der Waals surface area contributed by atoms with Gasteiger partial charge in [0, 0.05) is 16.2 Å². The minimum atomic E-state index is -0.504. The lowest BCUT2D eigenvalue weighted by Crippen LogP contribution is -2.06. The molecule has 2 aromatic heterocycles. The molecule has 28 heavy (non-hydrogen) atoms. The molecular formula is C21H15BrClN3O2. The van der Waals surface area contributed by atoms with Gasteiger partial charge in [-0.3, -0.25) is 0 Å². The molecule has 4 rings (SSSR count). The van der Waals surface area contributed by atoms with Crippen LogP contribution in [0.15, 0.2) is 65.3 Å². The first-order chi connectivity index (χ1) is 13.6. The zero-order valence-corrected chi connectivity index (χ0v) is 17.2. The Morgan fingerprint density at radius 3 is 2.54 bits per heavy atom. The highest BCUT2D eigenvalue weighted by Crippen LogP contribution is 2.36. The minimum absolute atomic E-state index is 0.224. The maximum atomic E-state index is 12.3. The molecule has 0 amide bonds. The van der Waals surface area contributed by atoms with E-state index in [4.69, 9.17) is 21.4 Å². The van der Waals surface area contributed by atoms with Crippen molar-refractivity contribution in [3.63, 3.8) is 0 Å². The molecule has 0 fully saturated rings. The fourth-order valence-corrected chi connectivity index (χ4v) is 3.52. The number of pyridine rings is 1. The van der Waals surface area contributed by atoms with E-state index in [2.05, 4.69) is 20.9 Å². The Bertz CT molecular complexity index is 1160. The third kappa shape index (κ3) is 3.30. The van der Waals surface area contributed by atoms with E-state index in [9.17, 15) is 4.79 Å². The van der Waals surface area contributed by atoms with E-state index in [-0.39, 0.29) is 17.2 Å². The number of carbonyl (C=O) groups is 1. The molecule has 0 bridgehead atoms. The van der Waals surface area contributed by atoms with E-state index in [0.717, 1.165) is 15.7 Å². The number of halogens is 2. The van der Waals surface area contributed by atoms with E-state index in [1.165, 1.54) is 6.20 Å². The number of rotatable bonds is 4. The van der Waals surface area contributed by atoms with Crippen LogP contribution in [-0.4, -0.2) is 27.3 Å². The third-order valence-corrected chi connectivity index (χ3v) is 5.17. The maximum Gasteiger partial charge on any atom is 0.341 e. The molecule has 0 saturated carbocycles. The average molecular weight is 457 g/mol. The third-order valence-electron chi connectivity index (χ3n) is 4.25. The molecule has 0 aliphatic carbocycles. The van der Waals surface area contributed by atoms with Gasteiger partial charge in [0.15, 0.2) is 5.65 Å². The fourth-order valence-electron chi connectivity index (χ4n) is 2.96. The predicted octanol–water partition coefficient (Wildman–Crippen LogP) is 5.68. The smallest absolute Gasteiger partial charge is 0.341 e. The molecule has 0 aliphatic heterocycles. The molecular weight excluding hydrogens is 442 g/mol. The SMILES string of the molecule is CCOC(=O)c1cnc2c(c(-c3ccc(Br)cc3)nn2-c2ccccc2)c1Cl. The van der Waals surface area contributed by atoms with Crippen molar-refractivity contribution in [3.8, 4) is 16.9 Å². The van der Waals surface area contributed by atoms with Crippen molar-refractivity contribution in [2.45, 2.75) is 6.92 Å². The maximum absolute atomic E-state index is 12.3. The highest BCUT2D eigenvalue weighted by molar-refractivity contribution is 9.10. The lowest BCUT2D eigenvalue weighted by molar-refractivity contribution is 0.0526. The van der Waals surface area contributed by atoms with E-state index in [1.54, 1.807) is 11.6 Å². The van der Waals surface area contributed by atoms with E-state index < -0.39 is 5.97 Å². The molecule has 140 valence electrons. The van der Waals surface area contributed by atoms with Gasteiger partial charge in [0.1, 0.15) is 5.69 Å². The van der Waals surface area contributed by atoms with Crippen molar-refractivity contribution in [1.82, 2.24) is 14.8 Å². The Morgan fingerprint density at radius 1 is 1.14 bits per heavy atom. The molecule has 7 heteroatoms. The number of ether oxygens (including phenoxy) is 1. The van der Waals surface area contributed by atoms with Crippen LogP contribution < -0.4 is 0 Å². The minimum Gasteiger partial charge on any atom is -0.462 e. The van der Waals surface area contributed by atoms with Gasteiger partial charge in [0.2, 0.25) is 0 Å². The number of esters is 1. The number of fused-ring (bicyclic) bond motifs is 1. The summed E-state index contributed by atoms with van der Waals surface area (Å²) in [5, 5.41) is 5.66. The van der Waals surface area contributed by atoms with E-state index in [0.29, 0.717) is 16.7 Å². The van der Waals surface area contributed by atoms with Gasteiger partial charge in [0.25, 0.3) is 0 Å². The number of hydrogen-bond donors (Lipinski definition) is 0. The normalized spacial score (nSPS) is 11.0. The van der Waals surface area contributed by atoms with Gasteiger partial charge in [-0.15, -0.1) is 0 Å². The summed E-state index contributed by atoms with van der Waals surface area (Å²) in [7, 11) is 0. The monoisotopic (exact) mass is 455 g/mol. The summed E-state index contributed by atoms with van der Waals surface area (Å²) in [6.07, 6.45) is 1.44. The number of hydrogen-bond acceptors (Lipinski definition) is 4. The summed E-state index contributed by atoms with van der Waals surface area (Å²) in [4.78, 5) is 16.8. The summed E-state index contributed by atoms with van der Waals surface area (Å²) in [5.41, 5.74) is 3.16. The van der Waals surface area contributed by atoms with E-state index in [1.807, 2.05) is 54.6 Å². The van der Waals surface area contributed by atoms with Crippen LogP contribution in [0.2, 0.25) is 5.02 Å². The standard InChI is InChI=1S/C21H15BrClN3O2/c1-2-28-21(27)16-12-24-20-17(18(16)23)19(13-8-10-14(22)11-9-13)25-26(20)15-6-4-3-5-7-15/h3-12H,2H2,1H3. The Labute approximate surface area is 175 Å². The van der Waals surface area contributed by atoms with Crippen LogP contribution in [-0.2, 0) is 4.74 Å². The predicted molar refractivity (Wildman–Crippen MR) is 113 cm³/mol. The molecule has 0 spiro atoms. The van der Waals surface area contributed by atoms with Crippen molar-refractivity contribution in [2.24, 2.45) is 0 Å². The van der Waals surface area contributed by atoms with Gasteiger partial charge in [-0.2, -0.15) is 5.10 Å². The van der Waals surface area contributed by atoms with Crippen LogP contribution in [0.1, 0.15) is 17.3 Å². The first-order valence-electron chi connectivity index (χ1n) is 8.66. The lowest BCUT2D eigenvalue weighted by Gasteiger charge is -2.06. The molecule has 0 aliphatic rings. The van der Waals surface area contributed by atoms with Gasteiger partial charge in [-0.25, -0.2) is 14.5 Å². The van der Waals surface area contributed by atoms with Crippen molar-refractivity contribution < 1.29 is 9.53 Å². The first-order valence-corrected chi connectivity index (χ1v) is 9.83. The van der Waals surface area contributed by atoms with Crippen LogP contribution in [0, 0.1) is 0 Å². The summed E-state index contributed by atoms with van der Waals surface area (Å²) in [5.74, 6) is -0.504.